The molecule has 4 rings (SSSR count). The molecule has 2 unspecified atom stereocenters. The molecule has 27 heavy (non-hydrogen) atoms. The van der Waals surface area contributed by atoms with Crippen LogP contribution in [0.4, 0.5) is 0 Å². The second kappa shape index (κ2) is 6.98. The van der Waals surface area contributed by atoms with Gasteiger partial charge in [0.1, 0.15) is 0 Å². The number of esters is 2. The van der Waals surface area contributed by atoms with Gasteiger partial charge in [0.25, 0.3) is 6.29 Å². The van der Waals surface area contributed by atoms with E-state index < -0.39 is 18.2 Å². The Kier molecular flexibility index (Phi) is 4.51. The van der Waals surface area contributed by atoms with E-state index >= 15 is 0 Å². The molecule has 1 aromatic rings. The summed E-state index contributed by atoms with van der Waals surface area (Å²) in [6, 6.07) is 3.88. The standard InChI is InChI=1S/C20H20O7/c1-3-23-20(22)15(9-24-18-6-11(2)19(21)27-18)13-5-4-12-7-16-17(8-14(12)13)26-10-25-16/h6-9,13,18H,3-5,10H2,1-2H3/b15-9+. The van der Waals surface area contributed by atoms with E-state index in [-0.39, 0.29) is 19.3 Å². The fourth-order valence-electron chi connectivity index (χ4n) is 3.52. The van der Waals surface area contributed by atoms with Crippen molar-refractivity contribution in [1.29, 1.82) is 0 Å². The first-order valence-electron chi connectivity index (χ1n) is 8.91. The molecule has 0 N–H and O–H groups in total. The van der Waals surface area contributed by atoms with Gasteiger partial charge in [-0.15, -0.1) is 0 Å². The van der Waals surface area contributed by atoms with E-state index in [1.54, 1.807) is 19.9 Å². The van der Waals surface area contributed by atoms with E-state index in [4.69, 9.17) is 23.7 Å². The van der Waals surface area contributed by atoms with E-state index in [1.165, 1.54) is 6.26 Å². The molecule has 0 fully saturated rings. The molecule has 2 atom stereocenters. The number of carbonyl (C=O) groups excluding carboxylic acids is 2. The number of cyclic esters (lactones) is 1. The number of carbonyl (C=O) groups is 2. The second-order valence-corrected chi connectivity index (χ2v) is 6.55. The van der Waals surface area contributed by atoms with Gasteiger partial charge in [0, 0.05) is 17.6 Å². The first-order valence-corrected chi connectivity index (χ1v) is 8.91. The van der Waals surface area contributed by atoms with Crippen molar-refractivity contribution in [3.05, 3.63) is 46.7 Å². The summed E-state index contributed by atoms with van der Waals surface area (Å²) in [5.74, 6) is 0.345. The fraction of sp³-hybridized carbons (Fsp3) is 0.400. The van der Waals surface area contributed by atoms with Gasteiger partial charge in [-0.1, -0.05) is 0 Å². The maximum atomic E-state index is 12.6. The highest BCUT2D eigenvalue weighted by Crippen LogP contribution is 2.45. The molecular weight excluding hydrogens is 352 g/mol. The summed E-state index contributed by atoms with van der Waals surface area (Å²) in [6.45, 7) is 3.86. The van der Waals surface area contributed by atoms with Crippen molar-refractivity contribution in [2.45, 2.75) is 38.9 Å². The van der Waals surface area contributed by atoms with Crippen LogP contribution in [0.3, 0.4) is 0 Å². The summed E-state index contributed by atoms with van der Waals surface area (Å²) in [6.07, 6.45) is 3.65. The number of hydrogen-bond donors (Lipinski definition) is 0. The Bertz CT molecular complexity index is 852. The van der Waals surface area contributed by atoms with Crippen molar-refractivity contribution in [2.24, 2.45) is 0 Å². The summed E-state index contributed by atoms with van der Waals surface area (Å²) >= 11 is 0. The van der Waals surface area contributed by atoms with Crippen molar-refractivity contribution in [1.82, 2.24) is 0 Å². The van der Waals surface area contributed by atoms with Crippen molar-refractivity contribution in [3.8, 4) is 11.5 Å². The van der Waals surface area contributed by atoms with Crippen LogP contribution >= 0.6 is 0 Å². The fourth-order valence-corrected chi connectivity index (χ4v) is 3.52. The monoisotopic (exact) mass is 372 g/mol. The van der Waals surface area contributed by atoms with E-state index in [1.807, 2.05) is 12.1 Å². The summed E-state index contributed by atoms with van der Waals surface area (Å²) in [7, 11) is 0. The predicted octanol–water partition coefficient (Wildman–Crippen LogP) is 2.74. The van der Waals surface area contributed by atoms with Gasteiger partial charge < -0.3 is 23.7 Å². The van der Waals surface area contributed by atoms with Crippen molar-refractivity contribution >= 4 is 11.9 Å². The summed E-state index contributed by atoms with van der Waals surface area (Å²) in [5.41, 5.74) is 2.98. The minimum Gasteiger partial charge on any atom is -0.463 e. The van der Waals surface area contributed by atoms with Gasteiger partial charge in [-0.25, -0.2) is 9.59 Å². The molecule has 0 aromatic heterocycles. The molecule has 0 amide bonds. The lowest BCUT2D eigenvalue weighted by molar-refractivity contribution is -0.152. The van der Waals surface area contributed by atoms with Crippen LogP contribution in [0.5, 0.6) is 11.5 Å². The Morgan fingerprint density at radius 2 is 2.07 bits per heavy atom. The molecule has 0 spiro atoms. The van der Waals surface area contributed by atoms with Gasteiger partial charge in [-0.2, -0.15) is 0 Å². The molecule has 0 saturated heterocycles. The average molecular weight is 372 g/mol. The zero-order valence-electron chi connectivity index (χ0n) is 15.2. The highest BCUT2D eigenvalue weighted by molar-refractivity contribution is 5.91. The van der Waals surface area contributed by atoms with Crippen LogP contribution in [0.1, 0.15) is 37.3 Å². The Hall–Kier alpha value is -2.96. The van der Waals surface area contributed by atoms with E-state index in [0.717, 1.165) is 29.7 Å². The molecule has 7 nitrogen and oxygen atoms in total. The highest BCUT2D eigenvalue weighted by Gasteiger charge is 2.33. The largest absolute Gasteiger partial charge is 0.463 e. The van der Waals surface area contributed by atoms with Crippen LogP contribution in [-0.2, 0) is 30.2 Å². The number of benzene rings is 1. The van der Waals surface area contributed by atoms with Gasteiger partial charge in [0.15, 0.2) is 11.5 Å². The maximum absolute atomic E-state index is 12.6. The Morgan fingerprint density at radius 1 is 1.30 bits per heavy atom. The minimum absolute atomic E-state index is 0.185. The lowest BCUT2D eigenvalue weighted by Crippen LogP contribution is -2.16. The molecule has 1 aromatic carbocycles. The van der Waals surface area contributed by atoms with Crippen LogP contribution in [0.15, 0.2) is 35.6 Å². The van der Waals surface area contributed by atoms with E-state index in [9.17, 15) is 9.59 Å². The highest BCUT2D eigenvalue weighted by atomic mass is 16.7. The number of aryl methyl sites for hydroxylation is 1. The van der Waals surface area contributed by atoms with Gasteiger partial charge in [0.05, 0.1) is 18.4 Å². The molecule has 0 bridgehead atoms. The maximum Gasteiger partial charge on any atom is 0.337 e. The van der Waals surface area contributed by atoms with Crippen molar-refractivity contribution in [2.75, 3.05) is 13.4 Å². The molecule has 3 aliphatic rings. The average Bonchev–Trinajstić information content (AvgIpc) is 3.33. The minimum atomic E-state index is -0.834. The zero-order valence-corrected chi connectivity index (χ0v) is 15.2. The summed E-state index contributed by atoms with van der Waals surface area (Å²) in [5, 5.41) is 0. The predicted molar refractivity (Wildman–Crippen MR) is 93.1 cm³/mol. The molecular formula is C20H20O7. The van der Waals surface area contributed by atoms with E-state index in [2.05, 4.69) is 0 Å². The SMILES string of the molecule is CCOC(=O)/C(=C/OC1C=C(C)C(=O)O1)C1CCc2cc3c(cc21)OCO3. The number of fused-ring (bicyclic) bond motifs is 2. The molecule has 142 valence electrons. The Balaban J connectivity index is 1.62. The smallest absolute Gasteiger partial charge is 0.337 e. The van der Waals surface area contributed by atoms with Crippen LogP contribution in [0.25, 0.3) is 0 Å². The zero-order chi connectivity index (χ0) is 19.0. The molecule has 7 heteroatoms. The van der Waals surface area contributed by atoms with Gasteiger partial charge in [-0.05, 0) is 49.9 Å². The van der Waals surface area contributed by atoms with Crippen LogP contribution in [0.2, 0.25) is 0 Å². The number of ether oxygens (including phenoxy) is 5. The van der Waals surface area contributed by atoms with Crippen LogP contribution in [0, 0.1) is 0 Å². The van der Waals surface area contributed by atoms with Gasteiger partial charge in [0.2, 0.25) is 6.79 Å². The van der Waals surface area contributed by atoms with Gasteiger partial charge in [-0.3, -0.25) is 0 Å². The second-order valence-electron chi connectivity index (χ2n) is 6.55. The Labute approximate surface area is 156 Å². The van der Waals surface area contributed by atoms with Crippen LogP contribution in [-0.4, -0.2) is 31.6 Å². The molecule has 0 saturated carbocycles. The third-order valence-corrected chi connectivity index (χ3v) is 4.86. The molecule has 2 aliphatic heterocycles. The van der Waals surface area contributed by atoms with Crippen molar-refractivity contribution in [3.63, 3.8) is 0 Å². The third-order valence-electron chi connectivity index (χ3n) is 4.86. The Morgan fingerprint density at radius 3 is 2.78 bits per heavy atom. The number of rotatable bonds is 5. The first kappa shape index (κ1) is 17.5. The number of hydrogen-bond acceptors (Lipinski definition) is 7. The van der Waals surface area contributed by atoms with Crippen LogP contribution < -0.4 is 9.47 Å². The lowest BCUT2D eigenvalue weighted by Gasteiger charge is -2.17. The lowest BCUT2D eigenvalue weighted by atomic mass is 9.93. The third kappa shape index (κ3) is 3.25. The van der Waals surface area contributed by atoms with Gasteiger partial charge >= 0.3 is 11.9 Å². The quantitative estimate of drug-likeness (QED) is 0.447. The van der Waals surface area contributed by atoms with Crippen molar-refractivity contribution < 1.29 is 33.3 Å². The first-order chi connectivity index (χ1) is 13.1. The summed E-state index contributed by atoms with van der Waals surface area (Å²) < 4.78 is 26.7. The summed E-state index contributed by atoms with van der Waals surface area (Å²) in [4.78, 5) is 24.0. The molecule has 2 heterocycles. The topological polar surface area (TPSA) is 80.3 Å². The molecule has 0 radical (unpaired) electrons. The molecule has 1 aliphatic carbocycles. The normalized spacial score (nSPS) is 23.0. The van der Waals surface area contributed by atoms with E-state index in [0.29, 0.717) is 16.9 Å².